The Balaban J connectivity index is 1.67. The van der Waals surface area contributed by atoms with Crippen LogP contribution in [0, 0.1) is 5.82 Å². The van der Waals surface area contributed by atoms with Crippen LogP contribution in [-0.4, -0.2) is 39.2 Å². The van der Waals surface area contributed by atoms with Crippen LogP contribution < -0.4 is 4.74 Å². The summed E-state index contributed by atoms with van der Waals surface area (Å²) in [4.78, 5) is 16.1. The Labute approximate surface area is 176 Å². The summed E-state index contributed by atoms with van der Waals surface area (Å²) < 4.78 is 63.4. The molecule has 2 fully saturated rings. The van der Waals surface area contributed by atoms with Crippen LogP contribution in [0.1, 0.15) is 18.4 Å². The van der Waals surface area contributed by atoms with Crippen molar-refractivity contribution >= 4 is 33.2 Å². The van der Waals surface area contributed by atoms with Crippen molar-refractivity contribution in [2.24, 2.45) is 4.36 Å². The Morgan fingerprint density at radius 3 is 2.73 bits per heavy atom. The second-order valence-electron chi connectivity index (χ2n) is 6.60. The third-order valence-electron chi connectivity index (χ3n) is 4.55. The lowest BCUT2D eigenvalue weighted by Crippen LogP contribution is -2.43. The van der Waals surface area contributed by atoms with Crippen LogP contribution in [0.4, 0.5) is 28.0 Å². The van der Waals surface area contributed by atoms with Crippen LogP contribution in [0.3, 0.4) is 0 Å². The molecule has 0 N–H and O–H groups in total. The van der Waals surface area contributed by atoms with Gasteiger partial charge >= 0.3 is 11.4 Å². The summed E-state index contributed by atoms with van der Waals surface area (Å²) in [6, 6.07) is 3.91. The van der Waals surface area contributed by atoms with Gasteiger partial charge < -0.3 is 4.74 Å². The molecule has 6 nitrogen and oxygen atoms in total. The second kappa shape index (κ2) is 8.12. The fraction of sp³-hybridized carbons (Fsp3) is 0.333. The molecule has 0 spiro atoms. The standard InChI is InChI=1S/C18H15ClF4N4O2S/c19-12-8-13(20)14(25-30-10-26-6-1-2-7-27(26)17(30)28)9-15(12)29-16-11(18(21,22)23)4-3-5-24-16/h3-5,8-9H,1-2,6-7,10H2. The average molecular weight is 463 g/mol. The van der Waals surface area contributed by atoms with Crippen LogP contribution >= 0.6 is 11.6 Å². The van der Waals surface area contributed by atoms with E-state index in [0.29, 0.717) is 12.4 Å². The highest BCUT2D eigenvalue weighted by Crippen LogP contribution is 2.40. The monoisotopic (exact) mass is 462 g/mol. The van der Waals surface area contributed by atoms with Gasteiger partial charge in [-0.25, -0.2) is 18.7 Å². The van der Waals surface area contributed by atoms with Gasteiger partial charge in [0.2, 0.25) is 5.88 Å². The van der Waals surface area contributed by atoms with Gasteiger partial charge in [0.1, 0.15) is 17.0 Å². The van der Waals surface area contributed by atoms with Crippen LogP contribution in [0.5, 0.6) is 11.6 Å². The van der Waals surface area contributed by atoms with Crippen molar-refractivity contribution in [1.82, 2.24) is 15.0 Å². The number of amides is 1. The number of hydrogen-bond donors (Lipinski definition) is 0. The zero-order valence-corrected chi connectivity index (χ0v) is 16.9. The smallest absolute Gasteiger partial charge is 0.421 e. The minimum Gasteiger partial charge on any atom is -0.437 e. The van der Waals surface area contributed by atoms with Gasteiger partial charge in [0.05, 0.1) is 10.9 Å². The van der Waals surface area contributed by atoms with E-state index in [-0.39, 0.29) is 21.7 Å². The lowest BCUT2D eigenvalue weighted by molar-refractivity contribution is -0.138. The first kappa shape index (κ1) is 21.0. The minimum atomic E-state index is -4.69. The van der Waals surface area contributed by atoms with E-state index in [1.165, 1.54) is 0 Å². The van der Waals surface area contributed by atoms with E-state index in [9.17, 15) is 22.4 Å². The average Bonchev–Trinajstić information content (AvgIpc) is 3.01. The molecule has 0 saturated carbocycles. The molecule has 12 heteroatoms. The summed E-state index contributed by atoms with van der Waals surface area (Å²) >= 11 is 5.97. The molecule has 1 unspecified atom stereocenters. The number of carbonyl (C=O) groups excluding carboxylic acids is 1. The minimum absolute atomic E-state index is 0.211. The molecule has 1 aromatic heterocycles. The molecule has 0 radical (unpaired) electrons. The van der Waals surface area contributed by atoms with E-state index in [4.69, 9.17) is 16.3 Å². The van der Waals surface area contributed by atoms with Crippen LogP contribution in [0.15, 0.2) is 34.8 Å². The lowest BCUT2D eigenvalue weighted by atomic mass is 10.2. The van der Waals surface area contributed by atoms with Gasteiger partial charge in [0.15, 0.2) is 5.82 Å². The second-order valence-corrected chi connectivity index (χ2v) is 8.53. The molecule has 0 aliphatic carbocycles. The molecule has 3 heterocycles. The normalized spacial score (nSPS) is 20.0. The summed E-state index contributed by atoms with van der Waals surface area (Å²) in [7, 11) is -1.13. The molecule has 4 rings (SSSR count). The molecule has 2 aliphatic rings. The number of fused-ring (bicyclic) bond motifs is 1. The highest BCUT2D eigenvalue weighted by molar-refractivity contribution is 8.02. The predicted molar refractivity (Wildman–Crippen MR) is 103 cm³/mol. The number of hydrogen-bond acceptors (Lipinski definition) is 5. The van der Waals surface area contributed by atoms with Gasteiger partial charge in [0, 0.05) is 36.0 Å². The van der Waals surface area contributed by atoms with Crippen LogP contribution in [-0.2, 0) is 16.9 Å². The topological polar surface area (TPSA) is 58.0 Å². The maximum Gasteiger partial charge on any atom is 0.421 e. The SMILES string of the molecule is O=C1N2CCCCN2CS1=Nc1cc(Oc2ncccc2C(F)(F)F)c(Cl)cc1F. The fourth-order valence-corrected chi connectivity index (χ4v) is 4.94. The zero-order valence-electron chi connectivity index (χ0n) is 15.3. The van der Waals surface area contributed by atoms with E-state index < -0.39 is 34.1 Å². The molecule has 160 valence electrons. The number of alkyl halides is 3. The maximum atomic E-state index is 14.4. The van der Waals surface area contributed by atoms with Crippen molar-refractivity contribution in [3.05, 3.63) is 46.9 Å². The Hall–Kier alpha value is -2.24. The van der Waals surface area contributed by atoms with Crippen LogP contribution in [0.25, 0.3) is 0 Å². The Bertz CT molecular complexity index is 1030. The number of ether oxygens (including phenoxy) is 1. The fourth-order valence-electron chi connectivity index (χ4n) is 3.12. The number of benzene rings is 1. The van der Waals surface area contributed by atoms with Crippen molar-refractivity contribution in [3.8, 4) is 11.6 Å². The first-order chi connectivity index (χ1) is 14.2. The highest BCUT2D eigenvalue weighted by Gasteiger charge is 2.36. The molecule has 1 amide bonds. The van der Waals surface area contributed by atoms with Gasteiger partial charge in [-0.05, 0) is 31.0 Å². The number of carbonyl (C=O) groups is 1. The van der Waals surface area contributed by atoms with E-state index in [1.807, 2.05) is 5.01 Å². The molecule has 1 atom stereocenters. The number of pyridine rings is 1. The zero-order chi connectivity index (χ0) is 21.5. The Morgan fingerprint density at radius 2 is 2.00 bits per heavy atom. The molecular weight excluding hydrogens is 448 g/mol. The lowest BCUT2D eigenvalue weighted by Gasteiger charge is -2.30. The molecule has 0 bridgehead atoms. The molecular formula is C18H15ClF4N4O2S. The molecule has 2 saturated heterocycles. The summed E-state index contributed by atoms with van der Waals surface area (Å²) in [6.45, 7) is 1.32. The van der Waals surface area contributed by atoms with Crippen molar-refractivity contribution in [2.45, 2.75) is 19.0 Å². The summed E-state index contributed by atoms with van der Waals surface area (Å²) in [6.07, 6.45) is -1.71. The molecule has 2 aliphatic heterocycles. The summed E-state index contributed by atoms with van der Waals surface area (Å²) in [5, 5.41) is 3.04. The third-order valence-corrected chi connectivity index (χ3v) is 6.42. The van der Waals surface area contributed by atoms with E-state index in [1.54, 1.807) is 5.01 Å². The van der Waals surface area contributed by atoms with Gasteiger partial charge in [-0.15, -0.1) is 0 Å². The number of rotatable bonds is 3. The third kappa shape index (κ3) is 4.14. The Morgan fingerprint density at radius 1 is 1.23 bits per heavy atom. The highest BCUT2D eigenvalue weighted by atomic mass is 35.5. The van der Waals surface area contributed by atoms with Gasteiger partial charge in [-0.1, -0.05) is 11.6 Å². The molecule has 2 aromatic rings. The van der Waals surface area contributed by atoms with E-state index in [2.05, 4.69) is 9.35 Å². The summed E-state index contributed by atoms with van der Waals surface area (Å²) in [5.41, 5.74) is -1.31. The quantitative estimate of drug-likeness (QED) is 0.563. The van der Waals surface area contributed by atoms with Crippen LogP contribution in [0.2, 0.25) is 5.02 Å². The van der Waals surface area contributed by atoms with Crippen molar-refractivity contribution in [3.63, 3.8) is 0 Å². The van der Waals surface area contributed by atoms with E-state index >= 15 is 0 Å². The van der Waals surface area contributed by atoms with E-state index in [0.717, 1.165) is 49.8 Å². The van der Waals surface area contributed by atoms with Gasteiger partial charge in [-0.3, -0.25) is 9.80 Å². The molecule has 30 heavy (non-hydrogen) atoms. The van der Waals surface area contributed by atoms with Crippen molar-refractivity contribution < 1.29 is 27.1 Å². The maximum absolute atomic E-state index is 14.4. The van der Waals surface area contributed by atoms with Crippen molar-refractivity contribution in [1.29, 1.82) is 0 Å². The largest absolute Gasteiger partial charge is 0.437 e. The number of nitrogens with zero attached hydrogens (tertiary/aromatic N) is 4. The number of aromatic nitrogens is 1. The first-order valence-electron chi connectivity index (χ1n) is 8.92. The van der Waals surface area contributed by atoms with Gasteiger partial charge in [-0.2, -0.15) is 13.2 Å². The summed E-state index contributed by atoms with van der Waals surface area (Å²) in [5.74, 6) is -1.42. The molecule has 1 aromatic carbocycles. The number of hydrazine groups is 1. The first-order valence-corrected chi connectivity index (χ1v) is 10.6. The number of halogens is 5. The van der Waals surface area contributed by atoms with Crippen molar-refractivity contribution in [2.75, 3.05) is 19.0 Å². The Kier molecular flexibility index (Phi) is 5.69. The van der Waals surface area contributed by atoms with Gasteiger partial charge in [0.25, 0.3) is 0 Å². The predicted octanol–water partition coefficient (Wildman–Crippen LogP) is 5.52.